The fourth-order valence-corrected chi connectivity index (χ4v) is 9.94. The number of nitrogens with zero attached hydrogens (tertiary/aromatic N) is 1. The summed E-state index contributed by atoms with van der Waals surface area (Å²) >= 11 is 0. The largest absolute Gasteiger partial charge is 0.497 e. The number of hydrogen-bond acceptors (Lipinski definition) is 4. The molecule has 1 aromatic carbocycles. The number of methoxy groups -OCH3 is 1. The molecule has 8 atom stereocenters. The molecule has 2 amide bonds. The molecule has 2 bridgehead atoms. The van der Waals surface area contributed by atoms with Gasteiger partial charge in [0, 0.05) is 5.41 Å². The Bertz CT molecular complexity index is 1200. The van der Waals surface area contributed by atoms with Gasteiger partial charge in [-0.2, -0.15) is 0 Å². The normalized spacial score (nSPS) is 42.3. The van der Waals surface area contributed by atoms with Crippen molar-refractivity contribution in [1.82, 2.24) is 0 Å². The van der Waals surface area contributed by atoms with E-state index in [1.54, 1.807) is 31.4 Å². The zero-order chi connectivity index (χ0) is 26.5. The van der Waals surface area contributed by atoms with Gasteiger partial charge in [-0.25, -0.2) is 0 Å². The third-order valence-corrected chi connectivity index (χ3v) is 11.5. The van der Waals surface area contributed by atoms with Gasteiger partial charge < -0.3 is 9.84 Å². The summed E-state index contributed by atoms with van der Waals surface area (Å²) in [4.78, 5) is 42.3. The van der Waals surface area contributed by atoms with E-state index < -0.39 is 16.8 Å². The van der Waals surface area contributed by atoms with Crippen molar-refractivity contribution in [3.8, 4) is 5.75 Å². The second-order valence-electron chi connectivity index (χ2n) is 13.2. The molecular weight excluding hydrogens is 466 g/mol. The lowest BCUT2D eigenvalue weighted by Crippen LogP contribution is -2.65. The molecule has 1 saturated heterocycles. The van der Waals surface area contributed by atoms with Gasteiger partial charge in [-0.1, -0.05) is 38.8 Å². The van der Waals surface area contributed by atoms with Crippen molar-refractivity contribution in [2.45, 2.75) is 66.2 Å². The lowest BCUT2D eigenvalue weighted by Gasteiger charge is -2.68. The van der Waals surface area contributed by atoms with E-state index in [2.05, 4.69) is 26.8 Å². The molecule has 5 aliphatic carbocycles. The van der Waals surface area contributed by atoms with Gasteiger partial charge in [0.25, 0.3) is 0 Å². The molecule has 4 fully saturated rings. The summed E-state index contributed by atoms with van der Waals surface area (Å²) in [6, 6.07) is 7.20. The first kappa shape index (κ1) is 24.7. The molecule has 0 radical (unpaired) electrons. The summed E-state index contributed by atoms with van der Waals surface area (Å²) in [6.45, 7) is 8.66. The maximum absolute atomic E-state index is 14.3. The lowest BCUT2D eigenvalue weighted by molar-refractivity contribution is -0.194. The van der Waals surface area contributed by atoms with Crippen molar-refractivity contribution < 1.29 is 24.2 Å². The Labute approximate surface area is 219 Å². The third kappa shape index (κ3) is 3.01. The number of aliphatic carboxylic acids is 1. The predicted octanol–water partition coefficient (Wildman–Crippen LogP) is 5.71. The molecule has 0 unspecified atom stereocenters. The number of benzene rings is 1. The number of allylic oxidation sites excluding steroid dienone is 2. The van der Waals surface area contributed by atoms with Gasteiger partial charge in [-0.05, 0) is 92.4 Å². The standard InChI is InChI=1S/C31H39NO5/c1-17(2)21-16-31-14-11-22-29(3,12-6-13-30(22,4)28(35)36)23(31)15-20(21)24-25(31)27(34)32(26(24)33)18-7-9-19(37-5)10-8-18/h7-10,16-17,20,22-25H,6,11-15H2,1-5H3,(H,35,36)/t20-,22-,23-,24+,25-,29-,30+,31+/m0/s1. The van der Waals surface area contributed by atoms with Crippen LogP contribution in [-0.4, -0.2) is 30.0 Å². The number of carboxylic acid groups (broad SMARTS) is 1. The molecular formula is C31H39NO5. The van der Waals surface area contributed by atoms with E-state index >= 15 is 0 Å². The quantitative estimate of drug-likeness (QED) is 0.419. The summed E-state index contributed by atoms with van der Waals surface area (Å²) in [5.41, 5.74) is 0.645. The molecule has 1 heterocycles. The molecule has 6 nitrogen and oxygen atoms in total. The first-order valence-corrected chi connectivity index (χ1v) is 14.0. The first-order valence-electron chi connectivity index (χ1n) is 14.0. The Kier molecular flexibility index (Phi) is 5.30. The van der Waals surface area contributed by atoms with Crippen LogP contribution in [0.3, 0.4) is 0 Å². The van der Waals surface area contributed by atoms with Gasteiger partial charge >= 0.3 is 5.97 Å². The molecule has 3 saturated carbocycles. The van der Waals surface area contributed by atoms with Gasteiger partial charge in [-0.3, -0.25) is 19.3 Å². The number of ether oxygens (including phenoxy) is 1. The molecule has 6 heteroatoms. The summed E-state index contributed by atoms with van der Waals surface area (Å²) in [5.74, 6) is -0.213. The van der Waals surface area contributed by atoms with Crippen LogP contribution in [0, 0.1) is 51.8 Å². The summed E-state index contributed by atoms with van der Waals surface area (Å²) < 4.78 is 5.29. The van der Waals surface area contributed by atoms with E-state index in [0.717, 1.165) is 32.1 Å². The molecule has 37 heavy (non-hydrogen) atoms. The van der Waals surface area contributed by atoms with E-state index in [1.165, 1.54) is 10.5 Å². The molecule has 1 aromatic rings. The Morgan fingerprint density at radius 1 is 1.05 bits per heavy atom. The number of imide groups is 1. The van der Waals surface area contributed by atoms with Crippen LogP contribution in [-0.2, 0) is 14.4 Å². The Morgan fingerprint density at radius 2 is 1.76 bits per heavy atom. The van der Waals surface area contributed by atoms with Crippen molar-refractivity contribution >= 4 is 23.5 Å². The Hall–Kier alpha value is -2.63. The van der Waals surface area contributed by atoms with E-state index in [9.17, 15) is 19.5 Å². The topological polar surface area (TPSA) is 83.9 Å². The van der Waals surface area contributed by atoms with E-state index in [0.29, 0.717) is 23.8 Å². The fourth-order valence-electron chi connectivity index (χ4n) is 9.94. The van der Waals surface area contributed by atoms with Crippen LogP contribution < -0.4 is 9.64 Å². The number of fused-ring (bicyclic) bond motifs is 1. The van der Waals surface area contributed by atoms with Crippen molar-refractivity contribution in [2.75, 3.05) is 12.0 Å². The molecule has 1 aliphatic heterocycles. The van der Waals surface area contributed by atoms with Crippen molar-refractivity contribution in [3.63, 3.8) is 0 Å². The van der Waals surface area contributed by atoms with Crippen molar-refractivity contribution in [1.29, 1.82) is 0 Å². The van der Waals surface area contributed by atoms with Gasteiger partial charge in [0.15, 0.2) is 0 Å². The number of anilines is 1. The lowest BCUT2D eigenvalue weighted by atomic mass is 9.34. The number of carbonyl (C=O) groups is 3. The van der Waals surface area contributed by atoms with Crippen molar-refractivity contribution in [3.05, 3.63) is 35.9 Å². The van der Waals surface area contributed by atoms with Crippen LogP contribution >= 0.6 is 0 Å². The van der Waals surface area contributed by atoms with Crippen molar-refractivity contribution in [2.24, 2.45) is 51.8 Å². The highest BCUT2D eigenvalue weighted by molar-refractivity contribution is 6.23. The molecule has 198 valence electrons. The second-order valence-corrected chi connectivity index (χ2v) is 13.2. The van der Waals surface area contributed by atoms with Crippen LogP contribution in [0.1, 0.15) is 66.2 Å². The van der Waals surface area contributed by atoms with Gasteiger partial charge in [-0.15, -0.1) is 0 Å². The summed E-state index contributed by atoms with van der Waals surface area (Å²) in [6.07, 6.45) is 7.47. The van der Waals surface area contributed by atoms with Crippen LogP contribution in [0.4, 0.5) is 5.69 Å². The van der Waals surface area contributed by atoms with E-state index in [1.807, 2.05) is 6.92 Å². The average molecular weight is 506 g/mol. The summed E-state index contributed by atoms with van der Waals surface area (Å²) in [7, 11) is 1.60. The minimum Gasteiger partial charge on any atom is -0.497 e. The maximum atomic E-state index is 14.3. The zero-order valence-corrected chi connectivity index (χ0v) is 22.6. The van der Waals surface area contributed by atoms with Crippen LogP contribution in [0.5, 0.6) is 5.75 Å². The van der Waals surface area contributed by atoms with Crippen LogP contribution in [0.25, 0.3) is 0 Å². The molecule has 1 N–H and O–H groups in total. The highest BCUT2D eigenvalue weighted by Crippen LogP contribution is 2.74. The van der Waals surface area contributed by atoms with Gasteiger partial charge in [0.05, 0.1) is 30.0 Å². The Balaban J connectivity index is 1.47. The smallest absolute Gasteiger partial charge is 0.309 e. The number of amides is 2. The average Bonchev–Trinajstić information content (AvgIpc) is 3.15. The highest BCUT2D eigenvalue weighted by Gasteiger charge is 2.73. The fraction of sp³-hybridized carbons (Fsp3) is 0.645. The highest BCUT2D eigenvalue weighted by atomic mass is 16.5. The monoisotopic (exact) mass is 505 g/mol. The molecule has 7 rings (SSSR count). The predicted molar refractivity (Wildman–Crippen MR) is 140 cm³/mol. The number of hydrogen-bond donors (Lipinski definition) is 1. The minimum absolute atomic E-state index is 0.0326. The molecule has 1 spiro atoms. The first-order chi connectivity index (χ1) is 17.5. The molecule has 0 aromatic heterocycles. The minimum atomic E-state index is -0.736. The second kappa shape index (κ2) is 7.94. The van der Waals surface area contributed by atoms with E-state index in [4.69, 9.17) is 4.74 Å². The van der Waals surface area contributed by atoms with Gasteiger partial charge in [0.1, 0.15) is 5.75 Å². The summed E-state index contributed by atoms with van der Waals surface area (Å²) in [5, 5.41) is 10.3. The van der Waals surface area contributed by atoms with Gasteiger partial charge in [0.2, 0.25) is 11.8 Å². The third-order valence-electron chi connectivity index (χ3n) is 11.5. The van der Waals surface area contributed by atoms with Crippen LogP contribution in [0.2, 0.25) is 0 Å². The maximum Gasteiger partial charge on any atom is 0.309 e. The zero-order valence-electron chi connectivity index (χ0n) is 22.6. The number of carbonyl (C=O) groups excluding carboxylic acids is 2. The number of rotatable bonds is 4. The Morgan fingerprint density at radius 3 is 2.38 bits per heavy atom. The SMILES string of the molecule is COc1ccc(N2C(=O)[C@H]3[C@@H](C2=O)[C@]24C=C(C(C)C)[C@@H]3C[C@H]2[C@@]2(C)CCC[C@@](C)(C(=O)O)[C@H]2CC4)cc1. The number of carboxylic acids is 1. The van der Waals surface area contributed by atoms with Crippen LogP contribution in [0.15, 0.2) is 35.9 Å². The van der Waals surface area contributed by atoms with E-state index in [-0.39, 0.29) is 46.8 Å². The molecule has 6 aliphatic rings.